The lowest BCUT2D eigenvalue weighted by Crippen LogP contribution is -2.50. The molecule has 168 valence electrons. The summed E-state index contributed by atoms with van der Waals surface area (Å²) in [6, 6.07) is 15.7. The van der Waals surface area contributed by atoms with E-state index in [1.54, 1.807) is 23.3 Å². The second kappa shape index (κ2) is 9.25. The fraction of sp³-hybridized carbons (Fsp3) is 0.240. The molecule has 1 saturated heterocycles. The van der Waals surface area contributed by atoms with Gasteiger partial charge in [0.25, 0.3) is 5.91 Å². The van der Waals surface area contributed by atoms with Crippen molar-refractivity contribution in [3.05, 3.63) is 83.3 Å². The molecular weight excluding hydrogens is 441 g/mol. The number of ether oxygens (including phenoxy) is 1. The summed E-state index contributed by atoms with van der Waals surface area (Å²) < 4.78 is 24.8. The van der Waals surface area contributed by atoms with E-state index in [2.05, 4.69) is 9.97 Å². The summed E-state index contributed by atoms with van der Waals surface area (Å²) in [5.41, 5.74) is 2.89. The maximum atomic E-state index is 13.6. The van der Waals surface area contributed by atoms with Gasteiger partial charge in [0.1, 0.15) is 23.5 Å². The van der Waals surface area contributed by atoms with E-state index in [4.69, 9.17) is 9.15 Å². The number of aryl methyl sites for hydroxylation is 1. The van der Waals surface area contributed by atoms with E-state index in [0.29, 0.717) is 37.8 Å². The van der Waals surface area contributed by atoms with Crippen LogP contribution < -0.4 is 0 Å². The molecule has 6 nitrogen and oxygen atoms in total. The van der Waals surface area contributed by atoms with Crippen molar-refractivity contribution < 1.29 is 18.3 Å². The van der Waals surface area contributed by atoms with Crippen LogP contribution in [0.2, 0.25) is 0 Å². The Hall–Kier alpha value is -3.36. The van der Waals surface area contributed by atoms with Gasteiger partial charge >= 0.3 is 0 Å². The Morgan fingerprint density at radius 3 is 2.70 bits per heavy atom. The first-order valence-electron chi connectivity index (χ1n) is 10.7. The Kier molecular flexibility index (Phi) is 6.02. The average molecular weight is 464 g/mol. The topological polar surface area (TPSA) is 68.5 Å². The molecule has 4 aromatic rings. The first kappa shape index (κ1) is 21.5. The summed E-state index contributed by atoms with van der Waals surface area (Å²) in [6.07, 6.45) is 2.07. The molecule has 1 atom stereocenters. The van der Waals surface area contributed by atoms with Crippen molar-refractivity contribution in [1.29, 1.82) is 0 Å². The third kappa shape index (κ3) is 4.58. The number of halogens is 1. The monoisotopic (exact) mass is 463 g/mol. The number of amides is 1. The molecule has 0 aliphatic carbocycles. The Bertz CT molecular complexity index is 1250. The third-order valence-corrected chi connectivity index (χ3v) is 6.58. The van der Waals surface area contributed by atoms with Crippen LogP contribution in [0.4, 0.5) is 4.39 Å². The standard InChI is InChI=1S/C25H22FN3O3S/c1-16-27-23(24(33-16)18-7-9-19(26)10-8-18)25(30)29-11-12-31-14-20(29)13-22-28-21(15-32-22)17-5-3-2-4-6-17/h2-10,15,20H,11-14H2,1H3. The number of hydrogen-bond acceptors (Lipinski definition) is 6. The van der Waals surface area contributed by atoms with Crippen molar-refractivity contribution in [3.63, 3.8) is 0 Å². The molecule has 2 aromatic carbocycles. The molecule has 3 heterocycles. The quantitative estimate of drug-likeness (QED) is 0.417. The number of hydrogen-bond donors (Lipinski definition) is 0. The largest absolute Gasteiger partial charge is 0.448 e. The summed E-state index contributed by atoms with van der Waals surface area (Å²) >= 11 is 1.43. The van der Waals surface area contributed by atoms with E-state index in [1.807, 2.05) is 37.3 Å². The Labute approximate surface area is 194 Å². The molecule has 0 spiro atoms. The lowest BCUT2D eigenvalue weighted by Gasteiger charge is -2.34. The second-order valence-electron chi connectivity index (χ2n) is 7.84. The van der Waals surface area contributed by atoms with Crippen LogP contribution in [0.1, 0.15) is 21.4 Å². The minimum absolute atomic E-state index is 0.165. The van der Waals surface area contributed by atoms with E-state index in [0.717, 1.165) is 26.7 Å². The van der Waals surface area contributed by atoms with Gasteiger partial charge in [-0.15, -0.1) is 11.3 Å². The Balaban J connectivity index is 1.39. The van der Waals surface area contributed by atoms with Gasteiger partial charge in [-0.2, -0.15) is 0 Å². The first-order chi connectivity index (χ1) is 16.1. The fourth-order valence-corrected chi connectivity index (χ4v) is 4.86. The molecule has 8 heteroatoms. The summed E-state index contributed by atoms with van der Waals surface area (Å²) in [7, 11) is 0. The van der Waals surface area contributed by atoms with Crippen LogP contribution in [0, 0.1) is 12.7 Å². The molecule has 0 bridgehead atoms. The summed E-state index contributed by atoms with van der Waals surface area (Å²) in [6.45, 7) is 3.17. The zero-order valence-electron chi connectivity index (χ0n) is 18.0. The lowest BCUT2D eigenvalue weighted by atomic mass is 10.1. The van der Waals surface area contributed by atoms with Gasteiger partial charge in [0.05, 0.1) is 29.1 Å². The van der Waals surface area contributed by atoms with E-state index in [1.165, 1.54) is 23.5 Å². The maximum absolute atomic E-state index is 13.6. The smallest absolute Gasteiger partial charge is 0.274 e. The molecule has 0 N–H and O–H groups in total. The minimum atomic E-state index is -0.318. The van der Waals surface area contributed by atoms with Crippen molar-refractivity contribution in [2.75, 3.05) is 19.8 Å². The van der Waals surface area contributed by atoms with Crippen LogP contribution in [0.5, 0.6) is 0 Å². The van der Waals surface area contributed by atoms with Gasteiger partial charge in [-0.3, -0.25) is 4.79 Å². The van der Waals surface area contributed by atoms with Gasteiger partial charge in [-0.05, 0) is 24.6 Å². The zero-order valence-corrected chi connectivity index (χ0v) is 18.8. The van der Waals surface area contributed by atoms with E-state index >= 15 is 0 Å². The summed E-state index contributed by atoms with van der Waals surface area (Å²) in [5, 5.41) is 0.780. The number of aromatic nitrogens is 2. The van der Waals surface area contributed by atoms with Gasteiger partial charge in [0.15, 0.2) is 5.89 Å². The maximum Gasteiger partial charge on any atom is 0.274 e. The number of rotatable bonds is 5. The van der Waals surface area contributed by atoms with Gasteiger partial charge in [-0.1, -0.05) is 42.5 Å². The van der Waals surface area contributed by atoms with Crippen molar-refractivity contribution in [3.8, 4) is 21.7 Å². The summed E-state index contributed by atoms with van der Waals surface area (Å²) in [4.78, 5) is 25.3. The molecule has 1 aliphatic heterocycles. The SMILES string of the molecule is Cc1nc(C(=O)N2CCOCC2Cc2nc(-c3ccccc3)co2)c(-c2ccc(F)cc2)s1. The van der Waals surface area contributed by atoms with E-state index in [-0.39, 0.29) is 17.8 Å². The predicted octanol–water partition coefficient (Wildman–Crippen LogP) is 5.00. The normalized spacial score (nSPS) is 16.2. The zero-order chi connectivity index (χ0) is 22.8. The van der Waals surface area contributed by atoms with Crippen LogP contribution in [-0.4, -0.2) is 46.6 Å². The highest BCUT2D eigenvalue weighted by Gasteiger charge is 2.32. The number of nitrogens with zero attached hydrogens (tertiary/aromatic N) is 3. The van der Waals surface area contributed by atoms with Crippen LogP contribution in [0.15, 0.2) is 65.3 Å². The lowest BCUT2D eigenvalue weighted by molar-refractivity contribution is -0.00345. The highest BCUT2D eigenvalue weighted by atomic mass is 32.1. The molecule has 0 radical (unpaired) electrons. The molecule has 5 rings (SSSR count). The van der Waals surface area contributed by atoms with Crippen molar-refractivity contribution >= 4 is 17.2 Å². The summed E-state index contributed by atoms with van der Waals surface area (Å²) in [5.74, 6) is 0.0686. The fourth-order valence-electron chi connectivity index (χ4n) is 3.94. The highest BCUT2D eigenvalue weighted by molar-refractivity contribution is 7.15. The predicted molar refractivity (Wildman–Crippen MR) is 124 cm³/mol. The number of thiazole rings is 1. The number of carbonyl (C=O) groups is 1. The van der Waals surface area contributed by atoms with Crippen molar-refractivity contribution in [2.24, 2.45) is 0 Å². The number of morpholine rings is 1. The molecule has 0 saturated carbocycles. The van der Waals surface area contributed by atoms with Gasteiger partial charge in [0.2, 0.25) is 0 Å². The first-order valence-corrected chi connectivity index (χ1v) is 11.5. The van der Waals surface area contributed by atoms with Crippen LogP contribution >= 0.6 is 11.3 Å². The molecule has 1 aliphatic rings. The average Bonchev–Trinajstić information content (AvgIpc) is 3.47. The van der Waals surface area contributed by atoms with E-state index in [9.17, 15) is 9.18 Å². The number of oxazole rings is 1. The number of carbonyl (C=O) groups excluding carboxylic acids is 1. The van der Waals surface area contributed by atoms with Crippen molar-refractivity contribution in [1.82, 2.24) is 14.9 Å². The van der Waals surface area contributed by atoms with Crippen molar-refractivity contribution in [2.45, 2.75) is 19.4 Å². The highest BCUT2D eigenvalue weighted by Crippen LogP contribution is 2.32. The van der Waals surface area contributed by atoms with Crippen LogP contribution in [0.3, 0.4) is 0 Å². The Morgan fingerprint density at radius 2 is 1.91 bits per heavy atom. The van der Waals surface area contributed by atoms with Gasteiger partial charge < -0.3 is 14.1 Å². The van der Waals surface area contributed by atoms with Crippen LogP contribution in [-0.2, 0) is 11.2 Å². The molecule has 1 fully saturated rings. The Morgan fingerprint density at radius 1 is 1.12 bits per heavy atom. The van der Waals surface area contributed by atoms with E-state index < -0.39 is 0 Å². The molecule has 1 unspecified atom stereocenters. The second-order valence-corrected chi connectivity index (χ2v) is 9.04. The third-order valence-electron chi connectivity index (χ3n) is 5.56. The minimum Gasteiger partial charge on any atom is -0.448 e. The van der Waals surface area contributed by atoms with Gasteiger partial charge in [-0.25, -0.2) is 14.4 Å². The molecule has 2 aromatic heterocycles. The number of benzene rings is 2. The van der Waals surface area contributed by atoms with Crippen LogP contribution in [0.25, 0.3) is 21.7 Å². The van der Waals surface area contributed by atoms with Gasteiger partial charge in [0, 0.05) is 18.5 Å². The molecule has 33 heavy (non-hydrogen) atoms. The molecule has 1 amide bonds. The molecular formula is C25H22FN3O3S.